The van der Waals surface area contributed by atoms with Crippen LogP contribution < -0.4 is 0 Å². The fraction of sp³-hybridized carbons (Fsp3) is 0.429. The minimum Gasteiger partial charge on any atom is -0.437 e. The van der Waals surface area contributed by atoms with Crippen molar-refractivity contribution in [1.82, 2.24) is 9.97 Å². The number of oxazole rings is 2. The summed E-state index contributed by atoms with van der Waals surface area (Å²) in [6.07, 6.45) is 20.6. The molecule has 0 N–H and O–H groups in total. The van der Waals surface area contributed by atoms with Crippen LogP contribution in [0.5, 0.6) is 0 Å². The maximum atomic E-state index is 5.96. The first-order valence-corrected chi connectivity index (χ1v) is 12.3. The van der Waals surface area contributed by atoms with Gasteiger partial charge in [0.05, 0.1) is 0 Å². The predicted molar refractivity (Wildman–Crippen MR) is 135 cm³/mol. The van der Waals surface area contributed by atoms with Crippen molar-refractivity contribution in [1.29, 1.82) is 0 Å². The average Bonchev–Trinajstić information content (AvgIpc) is 3.42. The van der Waals surface area contributed by atoms with Crippen molar-refractivity contribution >= 4 is 45.1 Å². The molecule has 0 unspecified atom stereocenters. The summed E-state index contributed by atoms with van der Waals surface area (Å²) in [5, 5.41) is 2.09. The molecular weight excluding hydrogens is 396 g/mol. The Hall–Kier alpha value is -2.88. The Morgan fingerprint density at radius 1 is 0.625 bits per heavy atom. The van der Waals surface area contributed by atoms with Gasteiger partial charge in [-0.05, 0) is 62.1 Å². The molecule has 0 bridgehead atoms. The lowest BCUT2D eigenvalue weighted by Gasteiger charge is -1.97. The van der Waals surface area contributed by atoms with E-state index in [4.69, 9.17) is 18.8 Å². The van der Waals surface area contributed by atoms with E-state index in [-0.39, 0.29) is 0 Å². The smallest absolute Gasteiger partial charge is 0.219 e. The Labute approximate surface area is 190 Å². The molecular formula is C28H34N2O2. The number of unbranched alkanes of at least 4 members (excludes halogenated alkanes) is 8. The molecule has 0 aliphatic carbocycles. The summed E-state index contributed by atoms with van der Waals surface area (Å²) in [4.78, 5) is 9.50. The molecule has 4 aromatic rings. The number of allylic oxidation sites excluding steroid dienone is 2. The first kappa shape index (κ1) is 22.3. The molecule has 0 saturated heterocycles. The van der Waals surface area contributed by atoms with Crippen LogP contribution in [0.15, 0.2) is 45.3 Å². The highest BCUT2D eigenvalue weighted by Crippen LogP contribution is 2.32. The predicted octanol–water partition coefficient (Wildman–Crippen LogP) is 9.09. The van der Waals surface area contributed by atoms with E-state index in [0.29, 0.717) is 11.8 Å². The van der Waals surface area contributed by atoms with Gasteiger partial charge >= 0.3 is 0 Å². The second-order valence-corrected chi connectivity index (χ2v) is 8.53. The SMILES string of the molecule is CCCCCC/C=C/c1nc2c(ccc3c2ccc2oc(/C=C/CCCCCC)nc23)o1. The highest BCUT2D eigenvalue weighted by atomic mass is 16.4. The largest absolute Gasteiger partial charge is 0.437 e. The van der Waals surface area contributed by atoms with Crippen LogP contribution in [0.1, 0.15) is 89.8 Å². The van der Waals surface area contributed by atoms with Gasteiger partial charge in [0.2, 0.25) is 11.8 Å². The van der Waals surface area contributed by atoms with Crippen LogP contribution >= 0.6 is 0 Å². The number of nitrogens with zero attached hydrogens (tertiary/aromatic N) is 2. The molecule has 2 aromatic heterocycles. The maximum Gasteiger partial charge on any atom is 0.219 e. The summed E-state index contributed by atoms with van der Waals surface area (Å²) in [6.45, 7) is 4.47. The van der Waals surface area contributed by atoms with Gasteiger partial charge in [0, 0.05) is 10.8 Å². The third kappa shape index (κ3) is 5.29. The Morgan fingerprint density at radius 3 is 1.53 bits per heavy atom. The standard InChI is InChI=1S/C28H34N2O2/c1-3-5-7-9-11-13-15-25-29-27-21-18-20-24-28(22(21)17-19-23(27)31-25)30-26(32-24)16-14-12-10-8-6-4-2/h13-20H,3-12H2,1-2H3/b15-13+,16-14+. The van der Waals surface area contributed by atoms with Crippen LogP contribution in [0.3, 0.4) is 0 Å². The van der Waals surface area contributed by atoms with Crippen molar-refractivity contribution in [2.75, 3.05) is 0 Å². The molecule has 168 valence electrons. The van der Waals surface area contributed by atoms with Crippen molar-refractivity contribution in [3.63, 3.8) is 0 Å². The van der Waals surface area contributed by atoms with Crippen molar-refractivity contribution in [3.8, 4) is 0 Å². The minimum atomic E-state index is 0.662. The molecule has 0 amide bonds. The van der Waals surface area contributed by atoms with Crippen molar-refractivity contribution in [2.45, 2.75) is 78.1 Å². The first-order chi connectivity index (χ1) is 15.8. The van der Waals surface area contributed by atoms with Gasteiger partial charge < -0.3 is 8.83 Å². The van der Waals surface area contributed by atoms with E-state index in [1.54, 1.807) is 0 Å². The highest BCUT2D eigenvalue weighted by Gasteiger charge is 2.13. The minimum absolute atomic E-state index is 0.662. The zero-order chi connectivity index (χ0) is 22.2. The number of fused-ring (bicyclic) bond motifs is 5. The quantitative estimate of drug-likeness (QED) is 0.210. The first-order valence-electron chi connectivity index (χ1n) is 12.3. The molecule has 0 atom stereocenters. The van der Waals surface area contributed by atoms with E-state index in [9.17, 15) is 0 Å². The molecule has 0 spiro atoms. The van der Waals surface area contributed by atoms with Crippen LogP contribution in [0, 0.1) is 0 Å². The van der Waals surface area contributed by atoms with Gasteiger partial charge in [0.15, 0.2) is 11.2 Å². The van der Waals surface area contributed by atoms with Gasteiger partial charge in [-0.2, -0.15) is 0 Å². The van der Waals surface area contributed by atoms with E-state index in [0.717, 1.165) is 45.8 Å². The molecule has 2 heterocycles. The molecule has 0 aliphatic heterocycles. The Kier molecular flexibility index (Phi) is 7.76. The molecule has 0 fully saturated rings. The van der Waals surface area contributed by atoms with Crippen LogP contribution in [-0.2, 0) is 0 Å². The molecule has 0 aliphatic rings. The van der Waals surface area contributed by atoms with Crippen LogP contribution in [0.2, 0.25) is 0 Å². The summed E-state index contributed by atoms with van der Waals surface area (Å²) in [5.41, 5.74) is 3.37. The summed E-state index contributed by atoms with van der Waals surface area (Å²) < 4.78 is 11.9. The maximum absolute atomic E-state index is 5.96. The Balaban J connectivity index is 1.53. The fourth-order valence-electron chi connectivity index (χ4n) is 4.11. The normalized spacial score (nSPS) is 12.4. The molecule has 4 rings (SSSR count). The fourth-order valence-corrected chi connectivity index (χ4v) is 4.11. The van der Waals surface area contributed by atoms with Crippen LogP contribution in [0.25, 0.3) is 45.1 Å². The van der Waals surface area contributed by atoms with Crippen molar-refractivity contribution < 1.29 is 8.83 Å². The third-order valence-corrected chi connectivity index (χ3v) is 5.91. The molecule has 4 nitrogen and oxygen atoms in total. The zero-order valence-corrected chi connectivity index (χ0v) is 19.4. The summed E-state index contributed by atoms with van der Waals surface area (Å²) >= 11 is 0. The molecule has 4 heteroatoms. The van der Waals surface area contributed by atoms with E-state index in [1.807, 2.05) is 24.3 Å². The van der Waals surface area contributed by atoms with Gasteiger partial charge in [-0.15, -0.1) is 0 Å². The Morgan fingerprint density at radius 2 is 1.09 bits per heavy atom. The van der Waals surface area contributed by atoms with E-state index < -0.39 is 0 Å². The summed E-state index contributed by atoms with van der Waals surface area (Å²) in [5.74, 6) is 1.32. The average molecular weight is 431 g/mol. The second kappa shape index (κ2) is 11.1. The van der Waals surface area contributed by atoms with Crippen molar-refractivity contribution in [3.05, 3.63) is 48.2 Å². The van der Waals surface area contributed by atoms with Gasteiger partial charge in [-0.25, -0.2) is 9.97 Å². The van der Waals surface area contributed by atoms with Gasteiger partial charge in [-0.1, -0.05) is 64.5 Å². The number of hydrogen-bond donors (Lipinski definition) is 0. The van der Waals surface area contributed by atoms with Gasteiger partial charge in [-0.3, -0.25) is 0 Å². The third-order valence-electron chi connectivity index (χ3n) is 5.91. The van der Waals surface area contributed by atoms with Gasteiger partial charge in [0.1, 0.15) is 11.0 Å². The summed E-state index contributed by atoms with van der Waals surface area (Å²) in [6, 6.07) is 8.09. The highest BCUT2D eigenvalue weighted by molar-refractivity contribution is 6.13. The Bertz CT molecular complexity index is 1120. The lowest BCUT2D eigenvalue weighted by molar-refractivity contribution is 0.588. The lowest BCUT2D eigenvalue weighted by atomic mass is 10.1. The number of benzene rings is 2. The molecule has 0 radical (unpaired) electrons. The summed E-state index contributed by atoms with van der Waals surface area (Å²) in [7, 11) is 0. The topological polar surface area (TPSA) is 52.1 Å². The second-order valence-electron chi connectivity index (χ2n) is 8.53. The number of aromatic nitrogens is 2. The van der Waals surface area contributed by atoms with Crippen LogP contribution in [-0.4, -0.2) is 9.97 Å². The molecule has 0 saturated carbocycles. The molecule has 2 aromatic carbocycles. The molecule has 32 heavy (non-hydrogen) atoms. The number of rotatable bonds is 12. The van der Waals surface area contributed by atoms with E-state index in [2.05, 4.69) is 38.1 Å². The monoisotopic (exact) mass is 430 g/mol. The van der Waals surface area contributed by atoms with Crippen LogP contribution in [0.4, 0.5) is 0 Å². The van der Waals surface area contributed by atoms with Gasteiger partial charge in [0.25, 0.3) is 0 Å². The zero-order valence-electron chi connectivity index (χ0n) is 19.4. The number of hydrogen-bond acceptors (Lipinski definition) is 4. The van der Waals surface area contributed by atoms with E-state index in [1.165, 1.54) is 51.4 Å². The van der Waals surface area contributed by atoms with Crippen molar-refractivity contribution in [2.24, 2.45) is 0 Å². The lowest BCUT2D eigenvalue weighted by Crippen LogP contribution is -1.79. The van der Waals surface area contributed by atoms with E-state index >= 15 is 0 Å².